The summed E-state index contributed by atoms with van der Waals surface area (Å²) < 4.78 is 4.94. The lowest BCUT2D eigenvalue weighted by molar-refractivity contribution is -0.385. The number of carbonyl (C=O) groups is 2. The van der Waals surface area contributed by atoms with E-state index in [4.69, 9.17) is 4.74 Å². The van der Waals surface area contributed by atoms with E-state index in [1.165, 1.54) is 26.3 Å². The number of carbonyl (C=O) groups excluding carboxylic acids is 2. The summed E-state index contributed by atoms with van der Waals surface area (Å²) in [6.45, 7) is 1.93. The van der Waals surface area contributed by atoms with Gasteiger partial charge in [-0.3, -0.25) is 25.1 Å². The predicted molar refractivity (Wildman–Crippen MR) is 83.2 cm³/mol. The lowest BCUT2D eigenvalue weighted by Gasteiger charge is -2.23. The van der Waals surface area contributed by atoms with E-state index >= 15 is 0 Å². The summed E-state index contributed by atoms with van der Waals surface area (Å²) in [5.74, 6) is -0.290. The van der Waals surface area contributed by atoms with Gasteiger partial charge in [-0.25, -0.2) is 4.79 Å². The number of nitro benzene ring substituents is 1. The fourth-order valence-corrected chi connectivity index (χ4v) is 1.88. The first-order valence-electron chi connectivity index (χ1n) is 6.84. The van der Waals surface area contributed by atoms with Crippen LogP contribution in [-0.2, 0) is 11.3 Å². The maximum Gasteiger partial charge on any atom is 0.321 e. The molecule has 0 bridgehead atoms. The van der Waals surface area contributed by atoms with Crippen molar-refractivity contribution >= 4 is 17.6 Å². The Labute approximate surface area is 133 Å². The Morgan fingerprint density at radius 3 is 2.61 bits per heavy atom. The van der Waals surface area contributed by atoms with Crippen molar-refractivity contribution in [2.75, 3.05) is 21.2 Å². The highest BCUT2D eigenvalue weighted by molar-refractivity contribution is 5.96. The summed E-state index contributed by atoms with van der Waals surface area (Å²) in [5.41, 5.74) is 0.514. The number of imide groups is 1. The number of hydrogen-bond acceptors (Lipinski definition) is 6. The zero-order valence-corrected chi connectivity index (χ0v) is 13.5. The molecule has 2 N–H and O–H groups in total. The third-order valence-electron chi connectivity index (χ3n) is 3.38. The van der Waals surface area contributed by atoms with Crippen LogP contribution in [0, 0.1) is 10.1 Å². The molecule has 0 fully saturated rings. The molecule has 1 aromatic rings. The van der Waals surface area contributed by atoms with E-state index in [0.29, 0.717) is 12.1 Å². The molecule has 0 radical (unpaired) electrons. The molecular weight excluding hydrogens is 304 g/mol. The van der Waals surface area contributed by atoms with Crippen LogP contribution in [0.1, 0.15) is 12.5 Å². The first-order valence-corrected chi connectivity index (χ1v) is 6.84. The standard InChI is InChI=1S/C14H20N4O5/c1-9(13(19)16-14(20)15-2)17(3)8-10-5-6-12(23-4)11(7-10)18(21)22/h5-7,9H,8H2,1-4H3,(H2,15,16,19,20)/t9-/m1/s1. The fourth-order valence-electron chi connectivity index (χ4n) is 1.88. The molecule has 126 valence electrons. The summed E-state index contributed by atoms with van der Waals surface area (Å²) in [6.07, 6.45) is 0. The maximum atomic E-state index is 11.9. The molecule has 0 unspecified atom stereocenters. The Hall–Kier alpha value is -2.68. The summed E-state index contributed by atoms with van der Waals surface area (Å²) in [5, 5.41) is 15.5. The molecule has 3 amide bonds. The lowest BCUT2D eigenvalue weighted by atomic mass is 10.1. The molecule has 1 aromatic carbocycles. The van der Waals surface area contributed by atoms with Crippen molar-refractivity contribution in [3.05, 3.63) is 33.9 Å². The molecule has 9 nitrogen and oxygen atoms in total. The number of nitro groups is 1. The maximum absolute atomic E-state index is 11.9. The van der Waals surface area contributed by atoms with Crippen LogP contribution in [-0.4, -0.2) is 49.0 Å². The fraction of sp³-hybridized carbons (Fsp3) is 0.429. The molecule has 0 saturated carbocycles. The van der Waals surface area contributed by atoms with Gasteiger partial charge in [-0.15, -0.1) is 0 Å². The highest BCUT2D eigenvalue weighted by atomic mass is 16.6. The summed E-state index contributed by atoms with van der Waals surface area (Å²) in [4.78, 5) is 35.2. The van der Waals surface area contributed by atoms with Crippen LogP contribution in [0.2, 0.25) is 0 Å². The summed E-state index contributed by atoms with van der Waals surface area (Å²) in [6, 6.07) is 3.42. The second-order valence-electron chi connectivity index (χ2n) is 4.92. The number of likely N-dealkylation sites (N-methyl/N-ethyl adjacent to an activating group) is 1. The van der Waals surface area contributed by atoms with E-state index in [9.17, 15) is 19.7 Å². The molecule has 0 aliphatic heterocycles. The largest absolute Gasteiger partial charge is 0.490 e. The Bertz CT molecular complexity index is 605. The number of benzene rings is 1. The molecule has 23 heavy (non-hydrogen) atoms. The number of methoxy groups -OCH3 is 1. The quantitative estimate of drug-likeness (QED) is 0.593. The van der Waals surface area contributed by atoms with Gasteiger partial charge in [0.1, 0.15) is 0 Å². The number of ether oxygens (including phenoxy) is 1. The SMILES string of the molecule is CNC(=O)NC(=O)[C@@H](C)N(C)Cc1ccc(OC)c([N+](=O)[O-])c1. The molecule has 0 aliphatic rings. The van der Waals surface area contributed by atoms with E-state index < -0.39 is 22.9 Å². The lowest BCUT2D eigenvalue weighted by Crippen LogP contribution is -2.47. The molecule has 0 saturated heterocycles. The zero-order valence-electron chi connectivity index (χ0n) is 13.5. The highest BCUT2D eigenvalue weighted by Crippen LogP contribution is 2.28. The van der Waals surface area contributed by atoms with Gasteiger partial charge >= 0.3 is 11.7 Å². The molecule has 1 atom stereocenters. The monoisotopic (exact) mass is 324 g/mol. The first-order chi connectivity index (χ1) is 10.8. The van der Waals surface area contributed by atoms with E-state index in [-0.39, 0.29) is 11.4 Å². The van der Waals surface area contributed by atoms with Gasteiger partial charge in [-0.2, -0.15) is 0 Å². The predicted octanol–water partition coefficient (Wildman–Crippen LogP) is 0.879. The van der Waals surface area contributed by atoms with Gasteiger partial charge in [0.25, 0.3) is 0 Å². The van der Waals surface area contributed by atoms with Gasteiger partial charge in [0, 0.05) is 19.7 Å². The number of nitrogens with zero attached hydrogens (tertiary/aromatic N) is 2. The van der Waals surface area contributed by atoms with E-state index in [2.05, 4.69) is 10.6 Å². The van der Waals surface area contributed by atoms with Crippen LogP contribution in [0.25, 0.3) is 0 Å². The molecule has 0 aromatic heterocycles. The number of amides is 3. The molecule has 1 rings (SSSR count). The van der Waals surface area contributed by atoms with Gasteiger partial charge in [0.15, 0.2) is 5.75 Å². The van der Waals surface area contributed by atoms with Crippen LogP contribution in [0.3, 0.4) is 0 Å². The van der Waals surface area contributed by atoms with Crippen molar-refractivity contribution in [1.29, 1.82) is 0 Å². The second-order valence-corrected chi connectivity index (χ2v) is 4.92. The zero-order chi connectivity index (χ0) is 17.6. The van der Waals surface area contributed by atoms with Gasteiger partial charge in [-0.1, -0.05) is 6.07 Å². The van der Waals surface area contributed by atoms with Gasteiger partial charge in [0.05, 0.1) is 18.1 Å². The second kappa shape index (κ2) is 8.08. The molecule has 0 heterocycles. The van der Waals surface area contributed by atoms with Crippen LogP contribution in [0.5, 0.6) is 5.75 Å². The molecule has 0 spiro atoms. The average Bonchev–Trinajstić information content (AvgIpc) is 2.53. The third-order valence-corrected chi connectivity index (χ3v) is 3.38. The number of urea groups is 1. The first kappa shape index (κ1) is 18.4. The Morgan fingerprint density at radius 2 is 2.09 bits per heavy atom. The van der Waals surface area contributed by atoms with Crippen LogP contribution < -0.4 is 15.4 Å². The normalized spacial score (nSPS) is 11.7. The average molecular weight is 324 g/mol. The Balaban J connectivity index is 2.82. The van der Waals surface area contributed by atoms with Crippen LogP contribution in [0.4, 0.5) is 10.5 Å². The Kier molecular flexibility index (Phi) is 6.46. The minimum Gasteiger partial charge on any atom is -0.490 e. The van der Waals surface area contributed by atoms with Crippen LogP contribution in [0.15, 0.2) is 18.2 Å². The molecule has 9 heteroatoms. The smallest absolute Gasteiger partial charge is 0.321 e. The van der Waals surface area contributed by atoms with Gasteiger partial charge in [-0.05, 0) is 25.6 Å². The van der Waals surface area contributed by atoms with Gasteiger partial charge in [0.2, 0.25) is 5.91 Å². The summed E-state index contributed by atoms with van der Waals surface area (Å²) in [7, 11) is 4.46. The summed E-state index contributed by atoms with van der Waals surface area (Å²) >= 11 is 0. The minimum absolute atomic E-state index is 0.138. The minimum atomic E-state index is -0.589. The van der Waals surface area contributed by atoms with Crippen molar-refractivity contribution < 1.29 is 19.2 Å². The van der Waals surface area contributed by atoms with Crippen LogP contribution >= 0.6 is 0 Å². The van der Waals surface area contributed by atoms with Crippen molar-refractivity contribution in [2.45, 2.75) is 19.5 Å². The molecule has 0 aliphatic carbocycles. The van der Waals surface area contributed by atoms with E-state index in [1.807, 2.05) is 0 Å². The Morgan fingerprint density at radius 1 is 1.43 bits per heavy atom. The topological polar surface area (TPSA) is 114 Å². The highest BCUT2D eigenvalue weighted by Gasteiger charge is 2.21. The number of hydrogen-bond donors (Lipinski definition) is 2. The molecular formula is C14H20N4O5. The van der Waals surface area contributed by atoms with Crippen molar-refractivity contribution in [3.8, 4) is 5.75 Å². The van der Waals surface area contributed by atoms with E-state index in [1.54, 1.807) is 24.9 Å². The van der Waals surface area contributed by atoms with Crippen molar-refractivity contribution in [1.82, 2.24) is 15.5 Å². The third kappa shape index (κ3) is 4.92. The van der Waals surface area contributed by atoms with E-state index in [0.717, 1.165) is 0 Å². The number of rotatable bonds is 6. The van der Waals surface area contributed by atoms with Gasteiger partial charge < -0.3 is 10.1 Å². The van der Waals surface area contributed by atoms with Crippen molar-refractivity contribution in [2.24, 2.45) is 0 Å². The number of nitrogens with one attached hydrogen (secondary N) is 2. The van der Waals surface area contributed by atoms with Crippen molar-refractivity contribution in [3.63, 3.8) is 0 Å².